The highest BCUT2D eigenvalue weighted by molar-refractivity contribution is 6.02. The summed E-state index contributed by atoms with van der Waals surface area (Å²) in [4.78, 5) is 23.1. The average molecular weight is 221 g/mol. The number of ether oxygens (including phenoxy) is 1. The lowest BCUT2D eigenvalue weighted by atomic mass is 9.97. The van der Waals surface area contributed by atoms with E-state index < -0.39 is 11.7 Å². The highest BCUT2D eigenvalue weighted by atomic mass is 16.6. The Hall–Kier alpha value is -1.84. The van der Waals surface area contributed by atoms with Crippen LogP contribution in [0.1, 0.15) is 24.2 Å². The molecular weight excluding hydrogens is 206 g/mol. The minimum atomic E-state index is -1.17. The molecule has 0 spiro atoms. The lowest BCUT2D eigenvalue weighted by Crippen LogP contribution is -2.40. The number of alkyl carbamates (subject to hydrolysis) is 1. The molecule has 1 aromatic carbocycles. The first-order valence-electron chi connectivity index (χ1n) is 4.98. The number of amides is 1. The molecule has 0 bridgehead atoms. The fourth-order valence-corrected chi connectivity index (χ4v) is 1.27. The second-order valence-corrected chi connectivity index (χ2v) is 3.84. The number of hydrogen-bond acceptors (Lipinski definition) is 3. The van der Waals surface area contributed by atoms with Crippen molar-refractivity contribution in [2.75, 3.05) is 7.05 Å². The van der Waals surface area contributed by atoms with Crippen molar-refractivity contribution in [3.8, 4) is 0 Å². The molecular formula is C12H15NO3. The van der Waals surface area contributed by atoms with Crippen LogP contribution in [0, 0.1) is 0 Å². The highest BCUT2D eigenvalue weighted by Gasteiger charge is 2.32. The van der Waals surface area contributed by atoms with Crippen molar-refractivity contribution in [3.63, 3.8) is 0 Å². The van der Waals surface area contributed by atoms with Gasteiger partial charge in [-0.25, -0.2) is 4.79 Å². The normalized spacial score (nSPS) is 10.7. The Labute approximate surface area is 94.6 Å². The molecule has 0 fully saturated rings. The van der Waals surface area contributed by atoms with Crippen LogP contribution in [0.3, 0.4) is 0 Å². The summed E-state index contributed by atoms with van der Waals surface area (Å²) in [7, 11) is 1.45. The van der Waals surface area contributed by atoms with Crippen LogP contribution < -0.4 is 5.32 Å². The largest absolute Gasteiger partial charge is 0.435 e. The van der Waals surface area contributed by atoms with Gasteiger partial charge in [0.05, 0.1) is 0 Å². The van der Waals surface area contributed by atoms with Crippen molar-refractivity contribution >= 4 is 11.9 Å². The molecule has 0 unspecified atom stereocenters. The average Bonchev–Trinajstić information content (AvgIpc) is 2.28. The molecule has 86 valence electrons. The van der Waals surface area contributed by atoms with E-state index in [9.17, 15) is 9.59 Å². The third-order valence-corrected chi connectivity index (χ3v) is 2.13. The van der Waals surface area contributed by atoms with Crippen LogP contribution in [0.2, 0.25) is 0 Å². The van der Waals surface area contributed by atoms with Gasteiger partial charge >= 0.3 is 6.09 Å². The molecule has 0 aliphatic heterocycles. The van der Waals surface area contributed by atoms with Gasteiger partial charge in [-0.1, -0.05) is 30.3 Å². The van der Waals surface area contributed by atoms with Gasteiger partial charge < -0.3 is 10.1 Å². The predicted molar refractivity (Wildman–Crippen MR) is 60.4 cm³/mol. The second-order valence-electron chi connectivity index (χ2n) is 3.84. The zero-order valence-electron chi connectivity index (χ0n) is 9.61. The Bertz CT molecular complexity index is 385. The Morgan fingerprint density at radius 3 is 2.25 bits per heavy atom. The number of carbonyl (C=O) groups is 2. The monoisotopic (exact) mass is 221 g/mol. The predicted octanol–water partition coefficient (Wildman–Crippen LogP) is 2.00. The van der Waals surface area contributed by atoms with Crippen LogP contribution in [0.25, 0.3) is 0 Å². The molecule has 0 heterocycles. The van der Waals surface area contributed by atoms with Gasteiger partial charge in [0, 0.05) is 12.6 Å². The fraction of sp³-hybridized carbons (Fsp3) is 0.333. The topological polar surface area (TPSA) is 55.4 Å². The van der Waals surface area contributed by atoms with Crippen LogP contribution in [0.15, 0.2) is 30.3 Å². The van der Waals surface area contributed by atoms with Gasteiger partial charge in [-0.05, 0) is 13.8 Å². The van der Waals surface area contributed by atoms with Gasteiger partial charge in [-0.2, -0.15) is 0 Å². The van der Waals surface area contributed by atoms with E-state index in [1.807, 2.05) is 6.07 Å². The van der Waals surface area contributed by atoms with Crippen LogP contribution in [0.5, 0.6) is 0 Å². The molecule has 0 saturated carbocycles. The fourth-order valence-electron chi connectivity index (χ4n) is 1.27. The first-order valence-corrected chi connectivity index (χ1v) is 4.98. The van der Waals surface area contributed by atoms with Gasteiger partial charge in [0.25, 0.3) is 0 Å². The Morgan fingerprint density at radius 1 is 1.19 bits per heavy atom. The molecule has 4 nitrogen and oxygen atoms in total. The number of nitrogens with one attached hydrogen (secondary N) is 1. The number of Topliss-reactive ketones (excluding diaryl/α,β-unsaturated/α-hetero) is 1. The van der Waals surface area contributed by atoms with Crippen LogP contribution >= 0.6 is 0 Å². The molecule has 1 amide bonds. The highest BCUT2D eigenvalue weighted by Crippen LogP contribution is 2.17. The molecule has 0 aliphatic rings. The third-order valence-electron chi connectivity index (χ3n) is 2.13. The summed E-state index contributed by atoms with van der Waals surface area (Å²) >= 11 is 0. The zero-order chi connectivity index (χ0) is 12.2. The molecule has 0 atom stereocenters. The molecule has 1 aromatic rings. The van der Waals surface area contributed by atoms with Crippen molar-refractivity contribution in [3.05, 3.63) is 35.9 Å². The third kappa shape index (κ3) is 2.82. The standard InChI is InChI=1S/C12H15NO3/c1-12(2,16-11(15)13-3)10(14)9-7-5-4-6-8-9/h4-8H,1-3H3,(H,13,15). The number of hydrogen-bond donors (Lipinski definition) is 1. The van der Waals surface area contributed by atoms with E-state index in [0.29, 0.717) is 5.56 Å². The summed E-state index contributed by atoms with van der Waals surface area (Å²) in [6, 6.07) is 8.74. The zero-order valence-corrected chi connectivity index (χ0v) is 9.61. The number of benzene rings is 1. The maximum atomic E-state index is 12.0. The smallest absolute Gasteiger partial charge is 0.407 e. The molecule has 0 aromatic heterocycles. The van der Waals surface area contributed by atoms with Crippen LogP contribution in [-0.2, 0) is 4.74 Å². The summed E-state index contributed by atoms with van der Waals surface area (Å²) in [6.45, 7) is 3.13. The Balaban J connectivity index is 2.84. The quantitative estimate of drug-likeness (QED) is 0.794. The number of carbonyl (C=O) groups excluding carboxylic acids is 2. The van der Waals surface area contributed by atoms with Crippen molar-refractivity contribution in [2.45, 2.75) is 19.4 Å². The van der Waals surface area contributed by atoms with Gasteiger partial charge in [-0.3, -0.25) is 4.79 Å². The summed E-state index contributed by atoms with van der Waals surface area (Å²) < 4.78 is 5.00. The van der Waals surface area contributed by atoms with E-state index in [4.69, 9.17) is 4.74 Å². The number of ketones is 1. The van der Waals surface area contributed by atoms with Crippen molar-refractivity contribution in [1.29, 1.82) is 0 Å². The Morgan fingerprint density at radius 2 is 1.75 bits per heavy atom. The van der Waals surface area contributed by atoms with E-state index in [-0.39, 0.29) is 5.78 Å². The first-order chi connectivity index (χ1) is 7.47. The number of rotatable bonds is 3. The lowest BCUT2D eigenvalue weighted by molar-refractivity contribution is 0.0328. The molecule has 16 heavy (non-hydrogen) atoms. The first kappa shape index (κ1) is 12.2. The minimum absolute atomic E-state index is 0.225. The molecule has 0 radical (unpaired) electrons. The van der Waals surface area contributed by atoms with Crippen molar-refractivity contribution < 1.29 is 14.3 Å². The van der Waals surface area contributed by atoms with Crippen LogP contribution in [-0.4, -0.2) is 24.5 Å². The van der Waals surface area contributed by atoms with Crippen molar-refractivity contribution in [1.82, 2.24) is 5.32 Å². The SMILES string of the molecule is CNC(=O)OC(C)(C)C(=O)c1ccccc1. The van der Waals surface area contributed by atoms with Gasteiger partial charge in [0.15, 0.2) is 5.60 Å². The minimum Gasteiger partial charge on any atom is -0.435 e. The molecule has 1 N–H and O–H groups in total. The van der Waals surface area contributed by atoms with Crippen LogP contribution in [0.4, 0.5) is 4.79 Å². The summed E-state index contributed by atoms with van der Waals surface area (Å²) in [5.41, 5.74) is -0.641. The second kappa shape index (κ2) is 4.79. The van der Waals surface area contributed by atoms with E-state index >= 15 is 0 Å². The Kier molecular flexibility index (Phi) is 3.66. The van der Waals surface area contributed by atoms with E-state index in [1.165, 1.54) is 7.05 Å². The maximum absolute atomic E-state index is 12.0. The van der Waals surface area contributed by atoms with E-state index in [0.717, 1.165) is 0 Å². The van der Waals surface area contributed by atoms with Gasteiger partial charge in [-0.15, -0.1) is 0 Å². The van der Waals surface area contributed by atoms with Gasteiger partial charge in [0.1, 0.15) is 0 Å². The summed E-state index contributed by atoms with van der Waals surface area (Å²) in [5, 5.41) is 2.31. The molecule has 0 aliphatic carbocycles. The lowest BCUT2D eigenvalue weighted by Gasteiger charge is -2.23. The molecule has 0 saturated heterocycles. The van der Waals surface area contributed by atoms with E-state index in [2.05, 4.69) is 5.32 Å². The van der Waals surface area contributed by atoms with Gasteiger partial charge in [0.2, 0.25) is 5.78 Å². The summed E-state index contributed by atoms with van der Waals surface area (Å²) in [5.74, 6) is -0.225. The van der Waals surface area contributed by atoms with E-state index in [1.54, 1.807) is 38.1 Å². The summed E-state index contributed by atoms with van der Waals surface area (Å²) in [6.07, 6.45) is -0.616. The van der Waals surface area contributed by atoms with Crippen molar-refractivity contribution in [2.24, 2.45) is 0 Å². The molecule has 1 rings (SSSR count). The maximum Gasteiger partial charge on any atom is 0.407 e. The molecule has 4 heteroatoms.